The van der Waals surface area contributed by atoms with Crippen molar-refractivity contribution in [2.24, 2.45) is 35.3 Å². The van der Waals surface area contributed by atoms with Crippen molar-refractivity contribution in [2.75, 3.05) is 13.1 Å². The maximum Gasteiger partial charge on any atom is 0.326 e. The summed E-state index contributed by atoms with van der Waals surface area (Å²) >= 11 is 0. The number of carbonyl (C=O) groups excluding carboxylic acids is 12. The molecule has 12 atom stereocenters. The second-order valence-corrected chi connectivity index (χ2v) is 25.1. The van der Waals surface area contributed by atoms with Crippen molar-refractivity contribution in [3.8, 4) is 0 Å². The quantitative estimate of drug-likeness (QED) is 0.0444. The number of nitrogens with zero attached hydrogens (tertiary/aromatic N) is 2. The standard InChI is InChI=1S/C58H100N12O14/c1-18-31(7)41(62-45(73)36(29-40(59)72)61-53(82)56(12,13)66-35(11)71)48(76)64-43(33(9)20-3)50(78)68-58(16,17)55(84)70-27-23-25-39(70)47(75)63-42(32(8)19-2)49(77)65-44(34(10)21-4)51(79)67-57(14,15)54(83)69-26-22-24-38(69)46(74)60-37(52(80)81)28-30(5)6/h30-34,36-39,41-44H,18-29H2,1-17H3,(H2,59,72)(H,60,74)(H,61,82)(H,62,73)(H,63,75)(H,64,76)(H,65,77)(H,66,71)(H,67,79)(H,68,78)(H,80,81)/t31-,32-,33-,34-,36-,37-,38-,39-,41-,42-,43-,44-/m0/s1. The molecule has 476 valence electrons. The second kappa shape index (κ2) is 31.8. The number of nitrogens with two attached hydrogens (primary N) is 1. The molecular weight excluding hydrogens is 1090 g/mol. The highest BCUT2D eigenvalue weighted by Crippen LogP contribution is 2.26. The molecule has 0 unspecified atom stereocenters. The van der Waals surface area contributed by atoms with Gasteiger partial charge in [-0.3, -0.25) is 57.5 Å². The summed E-state index contributed by atoms with van der Waals surface area (Å²) in [7, 11) is 0. The first-order valence-electron chi connectivity index (χ1n) is 29.7. The van der Waals surface area contributed by atoms with Crippen LogP contribution in [0.3, 0.4) is 0 Å². The Morgan fingerprint density at radius 1 is 0.488 bits per heavy atom. The SMILES string of the molecule is CC[C@H](C)[C@H](NC(=O)[C@H](CC(N)=O)NC(=O)C(C)(C)NC(C)=O)C(=O)N[C@H](C(=O)NC(C)(C)C(=O)N1CCC[C@H]1C(=O)N[C@H](C(=O)N[C@H](C(=O)NC(C)(C)C(=O)N1CCC[C@H]1C(=O)N[C@@H](CC(C)C)C(=O)O)[C@@H](C)CC)[C@@H](C)CC)[C@@H](C)CC. The zero-order valence-electron chi connectivity index (χ0n) is 52.7. The van der Waals surface area contributed by atoms with Gasteiger partial charge in [0, 0.05) is 20.0 Å². The number of carboxylic acids is 1. The average molecular weight is 1190 g/mol. The Balaban J connectivity index is 2.33. The molecule has 2 heterocycles. The van der Waals surface area contributed by atoms with Crippen LogP contribution in [0.25, 0.3) is 0 Å². The van der Waals surface area contributed by atoms with E-state index in [-0.39, 0.29) is 38.3 Å². The van der Waals surface area contributed by atoms with E-state index >= 15 is 0 Å². The van der Waals surface area contributed by atoms with Crippen LogP contribution in [0.1, 0.15) is 182 Å². The summed E-state index contributed by atoms with van der Waals surface area (Å²) in [5, 5.41) is 33.8. The Hall–Kier alpha value is -6.89. The lowest BCUT2D eigenvalue weighted by Gasteiger charge is -2.36. The number of carbonyl (C=O) groups is 13. The van der Waals surface area contributed by atoms with Crippen LogP contribution in [0.4, 0.5) is 0 Å². The molecule has 0 radical (unpaired) electrons. The van der Waals surface area contributed by atoms with Crippen molar-refractivity contribution in [1.82, 2.24) is 57.7 Å². The molecular formula is C58H100N12O14. The van der Waals surface area contributed by atoms with Gasteiger partial charge in [0.15, 0.2) is 0 Å². The molecule has 0 aromatic heterocycles. The van der Waals surface area contributed by atoms with Gasteiger partial charge in [-0.1, -0.05) is 94.9 Å². The highest BCUT2D eigenvalue weighted by molar-refractivity contribution is 6.01. The van der Waals surface area contributed by atoms with Gasteiger partial charge in [-0.15, -0.1) is 0 Å². The van der Waals surface area contributed by atoms with Crippen LogP contribution in [0, 0.1) is 29.6 Å². The van der Waals surface area contributed by atoms with Crippen molar-refractivity contribution >= 4 is 76.9 Å². The van der Waals surface area contributed by atoms with E-state index < -0.39 is 172 Å². The van der Waals surface area contributed by atoms with E-state index in [2.05, 4.69) is 47.9 Å². The summed E-state index contributed by atoms with van der Waals surface area (Å²) in [6.45, 7) is 27.9. The summed E-state index contributed by atoms with van der Waals surface area (Å²) in [6, 6.07) is -9.71. The molecule has 0 aliphatic carbocycles. The minimum absolute atomic E-state index is 0.0287. The van der Waals surface area contributed by atoms with Crippen LogP contribution in [-0.2, 0) is 62.3 Å². The van der Waals surface area contributed by atoms with E-state index in [4.69, 9.17) is 5.73 Å². The summed E-state index contributed by atoms with van der Waals surface area (Å²) in [6.07, 6.45) is 2.46. The number of primary amides is 1. The Morgan fingerprint density at radius 3 is 1.19 bits per heavy atom. The number of hydrogen-bond donors (Lipinski definition) is 11. The molecule has 26 nitrogen and oxygen atoms in total. The van der Waals surface area contributed by atoms with Crippen LogP contribution in [0.2, 0.25) is 0 Å². The van der Waals surface area contributed by atoms with Crippen LogP contribution in [-0.4, -0.2) is 170 Å². The number of amides is 12. The van der Waals surface area contributed by atoms with Gasteiger partial charge in [0.1, 0.15) is 65.0 Å². The summed E-state index contributed by atoms with van der Waals surface area (Å²) in [5.74, 6) is -11.9. The van der Waals surface area contributed by atoms with E-state index in [1.807, 2.05) is 27.7 Å². The van der Waals surface area contributed by atoms with Crippen LogP contribution >= 0.6 is 0 Å². The van der Waals surface area contributed by atoms with Gasteiger partial charge in [0.25, 0.3) is 0 Å². The zero-order valence-corrected chi connectivity index (χ0v) is 52.7. The molecule has 0 bridgehead atoms. The fraction of sp³-hybridized carbons (Fsp3) is 0.776. The highest BCUT2D eigenvalue weighted by atomic mass is 16.4. The molecule has 2 saturated heterocycles. The maximum absolute atomic E-state index is 14.5. The molecule has 2 aliphatic rings. The average Bonchev–Trinajstić information content (AvgIpc) is 4.13. The van der Waals surface area contributed by atoms with Crippen LogP contribution in [0.15, 0.2) is 0 Å². The van der Waals surface area contributed by atoms with Crippen molar-refractivity contribution < 1.29 is 67.4 Å². The minimum Gasteiger partial charge on any atom is -0.480 e. The Morgan fingerprint density at radius 2 is 0.845 bits per heavy atom. The van der Waals surface area contributed by atoms with Gasteiger partial charge in [0.2, 0.25) is 70.9 Å². The lowest BCUT2D eigenvalue weighted by molar-refractivity contribution is -0.147. The minimum atomic E-state index is -1.68. The topological polar surface area (TPSA) is 383 Å². The first-order chi connectivity index (χ1) is 38.8. The maximum atomic E-state index is 14.5. The molecule has 0 aromatic carbocycles. The van der Waals surface area contributed by atoms with Gasteiger partial charge in [0.05, 0.1) is 6.42 Å². The van der Waals surface area contributed by atoms with Crippen molar-refractivity contribution in [2.45, 2.75) is 247 Å². The van der Waals surface area contributed by atoms with E-state index in [1.165, 1.54) is 58.3 Å². The molecule has 2 aliphatic heterocycles. The monoisotopic (exact) mass is 1190 g/mol. The number of aliphatic carboxylic acids is 1. The number of likely N-dealkylation sites (tertiary alicyclic amines) is 2. The molecule has 84 heavy (non-hydrogen) atoms. The molecule has 2 rings (SSSR count). The third kappa shape index (κ3) is 20.4. The fourth-order valence-electron chi connectivity index (χ4n) is 10.2. The normalized spacial score (nSPS) is 19.1. The predicted molar refractivity (Wildman–Crippen MR) is 312 cm³/mol. The Bertz CT molecular complexity index is 2410. The summed E-state index contributed by atoms with van der Waals surface area (Å²) < 4.78 is 0. The van der Waals surface area contributed by atoms with E-state index in [0.717, 1.165) is 0 Å². The van der Waals surface area contributed by atoms with Crippen molar-refractivity contribution in [1.29, 1.82) is 0 Å². The van der Waals surface area contributed by atoms with Crippen molar-refractivity contribution in [3.63, 3.8) is 0 Å². The van der Waals surface area contributed by atoms with Crippen LogP contribution in [0.5, 0.6) is 0 Å². The molecule has 0 saturated carbocycles. The first kappa shape index (κ1) is 73.2. The Kier molecular flexibility index (Phi) is 27.8. The van der Waals surface area contributed by atoms with E-state index in [1.54, 1.807) is 41.5 Å². The zero-order chi connectivity index (χ0) is 64.5. The third-order valence-corrected chi connectivity index (χ3v) is 16.2. The Labute approximate surface area is 495 Å². The van der Waals surface area contributed by atoms with Gasteiger partial charge in [-0.05, 0) is 103 Å². The first-order valence-corrected chi connectivity index (χ1v) is 29.7. The molecule has 2 fully saturated rings. The second-order valence-electron chi connectivity index (χ2n) is 25.1. The van der Waals surface area contributed by atoms with Gasteiger partial charge < -0.3 is 68.5 Å². The predicted octanol–water partition coefficient (Wildman–Crippen LogP) is 0.772. The number of hydrogen-bond acceptors (Lipinski definition) is 13. The third-order valence-electron chi connectivity index (χ3n) is 16.2. The molecule has 0 spiro atoms. The van der Waals surface area contributed by atoms with Gasteiger partial charge >= 0.3 is 5.97 Å². The van der Waals surface area contributed by atoms with Gasteiger partial charge in [-0.2, -0.15) is 0 Å². The van der Waals surface area contributed by atoms with Crippen LogP contribution < -0.4 is 53.6 Å². The van der Waals surface area contributed by atoms with Crippen molar-refractivity contribution in [3.05, 3.63) is 0 Å². The molecule has 0 aromatic rings. The van der Waals surface area contributed by atoms with E-state index in [0.29, 0.717) is 38.5 Å². The number of rotatable bonds is 32. The summed E-state index contributed by atoms with van der Waals surface area (Å²) in [5.41, 5.74) is 0.669. The smallest absolute Gasteiger partial charge is 0.326 e. The molecule has 12 N–H and O–H groups in total. The number of carboxylic acid groups (broad SMARTS) is 1. The highest BCUT2D eigenvalue weighted by Gasteiger charge is 2.47. The molecule has 26 heteroatoms. The fourth-order valence-corrected chi connectivity index (χ4v) is 10.2. The van der Waals surface area contributed by atoms with Gasteiger partial charge in [-0.25, -0.2) is 4.79 Å². The number of nitrogens with one attached hydrogen (secondary N) is 9. The van der Waals surface area contributed by atoms with E-state index in [9.17, 15) is 67.4 Å². The molecule has 12 amide bonds. The summed E-state index contributed by atoms with van der Waals surface area (Å²) in [4.78, 5) is 179. The lowest BCUT2D eigenvalue weighted by atomic mass is 9.93. The lowest BCUT2D eigenvalue weighted by Crippen LogP contribution is -2.65. The largest absolute Gasteiger partial charge is 0.480 e.